The first kappa shape index (κ1) is 14.9. The molecule has 0 aliphatic heterocycles. The van der Waals surface area contributed by atoms with Gasteiger partial charge >= 0.3 is 0 Å². The van der Waals surface area contributed by atoms with Gasteiger partial charge in [-0.05, 0) is 31.5 Å². The summed E-state index contributed by atoms with van der Waals surface area (Å²) in [6, 6.07) is 5.29. The highest BCUT2D eigenvalue weighted by atomic mass is 32.2. The van der Waals surface area contributed by atoms with E-state index in [4.69, 9.17) is 0 Å². The lowest BCUT2D eigenvalue weighted by molar-refractivity contribution is 0.591. The number of nitrogens with one attached hydrogen (secondary N) is 1. The van der Waals surface area contributed by atoms with Crippen LogP contribution in [0.2, 0.25) is 0 Å². The van der Waals surface area contributed by atoms with Gasteiger partial charge in [-0.3, -0.25) is 4.72 Å². The zero-order valence-electron chi connectivity index (χ0n) is 11.9. The van der Waals surface area contributed by atoms with Gasteiger partial charge in [-0.2, -0.15) is 18.0 Å². The number of nitrogens with zero attached hydrogens (tertiary/aromatic N) is 3. The molecule has 0 radical (unpaired) electrons. The lowest BCUT2D eigenvalue weighted by Crippen LogP contribution is -2.17. The van der Waals surface area contributed by atoms with Crippen LogP contribution in [0.4, 0.5) is 10.1 Å². The summed E-state index contributed by atoms with van der Waals surface area (Å²) >= 11 is 1.32. The number of anilines is 1. The van der Waals surface area contributed by atoms with Crippen molar-refractivity contribution >= 4 is 32.0 Å². The number of halogens is 1. The summed E-state index contributed by atoms with van der Waals surface area (Å²) < 4.78 is 42.2. The summed E-state index contributed by atoms with van der Waals surface area (Å²) in [6.45, 7) is 3.60. The van der Waals surface area contributed by atoms with E-state index in [1.165, 1.54) is 34.1 Å². The van der Waals surface area contributed by atoms with Crippen molar-refractivity contribution in [3.63, 3.8) is 0 Å². The minimum Gasteiger partial charge on any atom is -0.278 e. The fourth-order valence-electron chi connectivity index (χ4n) is 2.12. The molecule has 0 saturated carbocycles. The monoisotopic (exact) mass is 340 g/mol. The molecule has 3 rings (SSSR count). The molecular formula is C13H13FN4O2S2. The van der Waals surface area contributed by atoms with Gasteiger partial charge in [0, 0.05) is 0 Å². The van der Waals surface area contributed by atoms with Gasteiger partial charge in [0.1, 0.15) is 10.8 Å². The van der Waals surface area contributed by atoms with Crippen molar-refractivity contribution < 1.29 is 12.8 Å². The number of aryl methyl sites for hydroxylation is 2. The van der Waals surface area contributed by atoms with E-state index >= 15 is 0 Å². The number of rotatable bonds is 4. The minimum absolute atomic E-state index is 0.00129. The van der Waals surface area contributed by atoms with Crippen LogP contribution in [-0.2, 0) is 16.4 Å². The zero-order chi connectivity index (χ0) is 15.9. The Balaban J connectivity index is 2.12. The Morgan fingerprint density at radius 2 is 2.18 bits per heavy atom. The Labute approximate surface area is 130 Å². The van der Waals surface area contributed by atoms with E-state index in [-0.39, 0.29) is 10.7 Å². The van der Waals surface area contributed by atoms with E-state index in [0.29, 0.717) is 22.1 Å². The predicted molar refractivity (Wildman–Crippen MR) is 82.2 cm³/mol. The summed E-state index contributed by atoms with van der Waals surface area (Å²) in [6.07, 6.45) is 0.453. The summed E-state index contributed by atoms with van der Waals surface area (Å²) in [5.74, 6) is -0.515. The minimum atomic E-state index is -3.91. The zero-order valence-corrected chi connectivity index (χ0v) is 13.5. The third kappa shape index (κ3) is 2.57. The molecule has 0 bridgehead atoms. The van der Waals surface area contributed by atoms with E-state index < -0.39 is 15.8 Å². The first-order chi connectivity index (χ1) is 10.4. The SMILES string of the molecule is CCc1nc2sc(C)nn2c1S(=O)(=O)Nc1cccc(F)c1. The van der Waals surface area contributed by atoms with Gasteiger partial charge in [0.25, 0.3) is 10.0 Å². The number of sulfonamides is 1. The van der Waals surface area contributed by atoms with Crippen molar-refractivity contribution in [1.82, 2.24) is 14.6 Å². The number of imidazole rings is 1. The summed E-state index contributed by atoms with van der Waals surface area (Å²) in [5, 5.41) is 4.90. The van der Waals surface area contributed by atoms with Gasteiger partial charge in [0.15, 0.2) is 0 Å². The first-order valence-corrected chi connectivity index (χ1v) is 8.84. The molecule has 116 valence electrons. The Morgan fingerprint density at radius 3 is 2.86 bits per heavy atom. The van der Waals surface area contributed by atoms with Crippen molar-refractivity contribution in [3.8, 4) is 0 Å². The highest BCUT2D eigenvalue weighted by molar-refractivity contribution is 7.92. The van der Waals surface area contributed by atoms with Crippen LogP contribution in [0.3, 0.4) is 0 Å². The van der Waals surface area contributed by atoms with E-state index in [9.17, 15) is 12.8 Å². The molecule has 2 aromatic heterocycles. The molecule has 0 aliphatic carbocycles. The second-order valence-electron chi connectivity index (χ2n) is 4.65. The molecule has 0 aliphatic rings. The maximum absolute atomic E-state index is 13.2. The molecule has 1 N–H and O–H groups in total. The second kappa shape index (κ2) is 5.33. The van der Waals surface area contributed by atoms with Gasteiger partial charge in [-0.15, -0.1) is 0 Å². The Kier molecular flexibility index (Phi) is 3.61. The van der Waals surface area contributed by atoms with Gasteiger partial charge in [-0.1, -0.05) is 24.3 Å². The van der Waals surface area contributed by atoms with Crippen LogP contribution in [0.5, 0.6) is 0 Å². The molecule has 6 nitrogen and oxygen atoms in total. The van der Waals surface area contributed by atoms with Crippen LogP contribution in [0.25, 0.3) is 4.96 Å². The molecular weight excluding hydrogens is 327 g/mol. The molecule has 0 spiro atoms. The molecule has 0 amide bonds. The Hall–Kier alpha value is -2.00. The van der Waals surface area contributed by atoms with Gasteiger partial charge < -0.3 is 0 Å². The van der Waals surface area contributed by atoms with Gasteiger partial charge in [0.05, 0.1) is 11.4 Å². The number of hydrogen-bond donors (Lipinski definition) is 1. The molecule has 0 saturated heterocycles. The lowest BCUT2D eigenvalue weighted by atomic mass is 10.3. The molecule has 22 heavy (non-hydrogen) atoms. The third-order valence-electron chi connectivity index (χ3n) is 3.00. The predicted octanol–water partition coefficient (Wildman–Crippen LogP) is 2.60. The molecule has 1 aromatic carbocycles. The highest BCUT2D eigenvalue weighted by Gasteiger charge is 2.26. The maximum Gasteiger partial charge on any atom is 0.281 e. The van der Waals surface area contributed by atoms with E-state index in [1.54, 1.807) is 6.92 Å². The van der Waals surface area contributed by atoms with Crippen LogP contribution in [0.15, 0.2) is 29.3 Å². The molecule has 9 heteroatoms. The summed E-state index contributed by atoms with van der Waals surface area (Å²) in [4.78, 5) is 4.83. The standard InChI is InChI=1S/C13H13FN4O2S2/c1-3-11-12(18-13(15-11)21-8(2)16-18)22(19,20)17-10-6-4-5-9(14)7-10/h4-7,17H,3H2,1-2H3. The van der Waals surface area contributed by atoms with Crippen molar-refractivity contribution in [2.45, 2.75) is 25.3 Å². The molecule has 0 atom stereocenters. The molecule has 0 fully saturated rings. The quantitative estimate of drug-likeness (QED) is 0.792. The molecule has 0 unspecified atom stereocenters. The van der Waals surface area contributed by atoms with E-state index in [0.717, 1.165) is 6.07 Å². The Bertz CT molecular complexity index is 946. The largest absolute Gasteiger partial charge is 0.281 e. The number of aromatic nitrogens is 3. The van der Waals surface area contributed by atoms with Crippen molar-refractivity contribution in [1.29, 1.82) is 0 Å². The van der Waals surface area contributed by atoms with Crippen LogP contribution < -0.4 is 4.72 Å². The van der Waals surface area contributed by atoms with Crippen LogP contribution in [0, 0.1) is 12.7 Å². The number of benzene rings is 1. The second-order valence-corrected chi connectivity index (χ2v) is 7.41. The first-order valence-electron chi connectivity index (χ1n) is 6.54. The highest BCUT2D eigenvalue weighted by Crippen LogP contribution is 2.24. The number of hydrogen-bond acceptors (Lipinski definition) is 5. The summed E-state index contributed by atoms with van der Waals surface area (Å²) in [5.41, 5.74) is 0.589. The average Bonchev–Trinajstić information content (AvgIpc) is 2.93. The average molecular weight is 340 g/mol. The maximum atomic E-state index is 13.2. The van der Waals surface area contributed by atoms with Gasteiger partial charge in [-0.25, -0.2) is 9.37 Å². The van der Waals surface area contributed by atoms with E-state index in [2.05, 4.69) is 14.8 Å². The Morgan fingerprint density at radius 1 is 1.41 bits per heavy atom. The van der Waals surface area contributed by atoms with E-state index in [1.807, 2.05) is 6.92 Å². The van der Waals surface area contributed by atoms with Crippen LogP contribution in [0.1, 0.15) is 17.6 Å². The van der Waals surface area contributed by atoms with Crippen molar-refractivity contribution in [2.24, 2.45) is 0 Å². The van der Waals surface area contributed by atoms with Crippen LogP contribution in [-0.4, -0.2) is 23.0 Å². The van der Waals surface area contributed by atoms with Gasteiger partial charge in [0.2, 0.25) is 9.99 Å². The topological polar surface area (TPSA) is 76.4 Å². The lowest BCUT2D eigenvalue weighted by Gasteiger charge is -2.08. The smallest absolute Gasteiger partial charge is 0.278 e. The molecule has 2 heterocycles. The number of fused-ring (bicyclic) bond motifs is 1. The van der Waals surface area contributed by atoms with Crippen molar-refractivity contribution in [2.75, 3.05) is 4.72 Å². The summed E-state index contributed by atoms with van der Waals surface area (Å²) in [7, 11) is -3.91. The van der Waals surface area contributed by atoms with Crippen molar-refractivity contribution in [3.05, 3.63) is 40.8 Å². The van der Waals surface area contributed by atoms with Crippen LogP contribution >= 0.6 is 11.3 Å². The third-order valence-corrected chi connectivity index (χ3v) is 5.24. The molecule has 3 aromatic rings. The normalized spacial score (nSPS) is 12.0. The fraction of sp³-hybridized carbons (Fsp3) is 0.231. The fourth-order valence-corrected chi connectivity index (χ4v) is 4.33.